The molecule has 0 spiro atoms. The van der Waals surface area contributed by atoms with E-state index < -0.39 is 0 Å². The number of fused-ring (bicyclic) bond motifs is 2. The van der Waals surface area contributed by atoms with Gasteiger partial charge in [0.1, 0.15) is 11.4 Å². The summed E-state index contributed by atoms with van der Waals surface area (Å²) in [6.07, 6.45) is 3.73. The van der Waals surface area contributed by atoms with Gasteiger partial charge in [-0.05, 0) is 55.7 Å². The highest BCUT2D eigenvalue weighted by Crippen LogP contribution is 2.38. The van der Waals surface area contributed by atoms with Gasteiger partial charge in [0.15, 0.2) is 0 Å². The van der Waals surface area contributed by atoms with E-state index in [1.54, 1.807) is 13.2 Å². The van der Waals surface area contributed by atoms with E-state index in [-0.39, 0.29) is 23.8 Å². The molecule has 32 heavy (non-hydrogen) atoms. The number of nitrogens with zero attached hydrogens (tertiary/aromatic N) is 2. The number of H-pyrrole nitrogens is 1. The van der Waals surface area contributed by atoms with Crippen molar-refractivity contribution in [3.05, 3.63) is 36.0 Å². The predicted molar refractivity (Wildman–Crippen MR) is 118 cm³/mol. The Kier molecular flexibility index (Phi) is 5.87. The molecule has 3 atom stereocenters. The number of carbonyl (C=O) groups is 2. The molecule has 2 N–H and O–H groups in total. The molecule has 1 aliphatic carbocycles. The zero-order chi connectivity index (χ0) is 22.1. The molecular weight excluding hydrogens is 408 g/mol. The number of carbonyl (C=O) groups excluding carboxylic acids is 2. The summed E-state index contributed by atoms with van der Waals surface area (Å²) in [4.78, 5) is 28.0. The molecule has 8 heteroatoms. The van der Waals surface area contributed by atoms with Crippen LogP contribution >= 0.6 is 0 Å². The van der Waals surface area contributed by atoms with Gasteiger partial charge in [0.2, 0.25) is 5.91 Å². The summed E-state index contributed by atoms with van der Waals surface area (Å²) in [5, 5.41) is 10.4. The number of hydrogen-bond acceptors (Lipinski definition) is 5. The van der Waals surface area contributed by atoms with Crippen molar-refractivity contribution < 1.29 is 19.1 Å². The number of para-hydroxylation sites is 1. The van der Waals surface area contributed by atoms with Crippen LogP contribution in [0.3, 0.4) is 0 Å². The molecule has 1 aromatic carbocycles. The molecule has 3 fully saturated rings. The second-order valence-electron chi connectivity index (χ2n) is 9.09. The van der Waals surface area contributed by atoms with Crippen molar-refractivity contribution in [2.75, 3.05) is 33.4 Å². The summed E-state index contributed by atoms with van der Waals surface area (Å²) in [7, 11) is 1.62. The standard InChI is InChI=1S/C24H30N4O4/c1-31-21-5-3-2-4-18(21)19-12-20(27-26-19)23(29)25-22-16-6-7-17(22)14-28(13-16)24(30)15-8-10-32-11-9-15/h2-5,12,15-17,22H,6-11,13-14H2,1H3,(H,25,29)(H,26,27)/t16-,17+,22?. The second-order valence-corrected chi connectivity index (χ2v) is 9.09. The highest BCUT2D eigenvalue weighted by molar-refractivity contribution is 5.93. The van der Waals surface area contributed by atoms with Crippen LogP contribution in [0, 0.1) is 17.8 Å². The first-order chi connectivity index (χ1) is 15.6. The Morgan fingerprint density at radius 1 is 1.12 bits per heavy atom. The SMILES string of the molecule is COc1ccccc1-c1cc(C(=O)NC2[C@@H]3CC[C@H]2CN(C(=O)C2CCOCC2)C3)[nH]n1. The summed E-state index contributed by atoms with van der Waals surface area (Å²) in [6, 6.07) is 9.47. The number of aromatic amines is 1. The van der Waals surface area contributed by atoms with Crippen LogP contribution in [-0.2, 0) is 9.53 Å². The minimum atomic E-state index is -0.148. The summed E-state index contributed by atoms with van der Waals surface area (Å²) in [6.45, 7) is 2.81. The molecule has 5 rings (SSSR count). The summed E-state index contributed by atoms with van der Waals surface area (Å²) < 4.78 is 10.8. The van der Waals surface area contributed by atoms with Crippen LogP contribution in [0.2, 0.25) is 0 Å². The lowest BCUT2D eigenvalue weighted by atomic mass is 9.90. The molecule has 2 bridgehead atoms. The number of aromatic nitrogens is 2. The van der Waals surface area contributed by atoms with Crippen molar-refractivity contribution in [1.29, 1.82) is 0 Å². The molecule has 1 aromatic heterocycles. The maximum Gasteiger partial charge on any atom is 0.269 e. The molecule has 2 aromatic rings. The molecular formula is C24H30N4O4. The monoisotopic (exact) mass is 438 g/mol. The van der Waals surface area contributed by atoms with Crippen molar-refractivity contribution in [2.24, 2.45) is 17.8 Å². The lowest BCUT2D eigenvalue weighted by Gasteiger charge is -2.40. The van der Waals surface area contributed by atoms with Gasteiger partial charge in [-0.2, -0.15) is 5.10 Å². The number of ether oxygens (including phenoxy) is 2. The number of hydrogen-bond donors (Lipinski definition) is 2. The van der Waals surface area contributed by atoms with Crippen molar-refractivity contribution in [2.45, 2.75) is 31.7 Å². The third-order valence-corrected chi connectivity index (χ3v) is 7.22. The van der Waals surface area contributed by atoms with Crippen molar-refractivity contribution >= 4 is 11.8 Å². The van der Waals surface area contributed by atoms with Crippen LogP contribution in [0.15, 0.2) is 30.3 Å². The normalized spacial score (nSPS) is 25.5. The minimum Gasteiger partial charge on any atom is -0.496 e. The van der Waals surface area contributed by atoms with Gasteiger partial charge in [-0.1, -0.05) is 12.1 Å². The summed E-state index contributed by atoms with van der Waals surface area (Å²) in [5.41, 5.74) is 1.95. The van der Waals surface area contributed by atoms with Gasteiger partial charge < -0.3 is 19.7 Å². The number of piperidine rings is 1. The first-order valence-electron chi connectivity index (χ1n) is 11.5. The largest absolute Gasteiger partial charge is 0.496 e. The van der Waals surface area contributed by atoms with Crippen molar-refractivity contribution in [3.63, 3.8) is 0 Å². The van der Waals surface area contributed by atoms with Gasteiger partial charge in [0.25, 0.3) is 5.91 Å². The van der Waals surface area contributed by atoms with Crippen LogP contribution in [0.25, 0.3) is 11.3 Å². The Labute approximate surface area is 187 Å². The lowest BCUT2D eigenvalue weighted by molar-refractivity contribution is -0.141. The van der Waals surface area contributed by atoms with E-state index in [4.69, 9.17) is 9.47 Å². The predicted octanol–water partition coefficient (Wildman–Crippen LogP) is 2.48. The average molecular weight is 439 g/mol. The van der Waals surface area contributed by atoms with Crippen LogP contribution in [-0.4, -0.2) is 66.4 Å². The second kappa shape index (κ2) is 8.94. The molecule has 3 heterocycles. The molecule has 3 aliphatic rings. The van der Waals surface area contributed by atoms with Gasteiger partial charge in [0, 0.05) is 43.8 Å². The Morgan fingerprint density at radius 2 is 1.84 bits per heavy atom. The maximum absolute atomic E-state index is 13.0. The Morgan fingerprint density at radius 3 is 2.56 bits per heavy atom. The third kappa shape index (κ3) is 3.99. The van der Waals surface area contributed by atoms with E-state index in [1.807, 2.05) is 29.2 Å². The van der Waals surface area contributed by atoms with Crippen LogP contribution in [0.1, 0.15) is 36.2 Å². The van der Waals surface area contributed by atoms with E-state index in [1.165, 1.54) is 0 Å². The number of methoxy groups -OCH3 is 1. The number of nitrogens with one attached hydrogen (secondary N) is 2. The molecule has 2 saturated heterocycles. The quantitative estimate of drug-likeness (QED) is 0.748. The molecule has 2 amide bonds. The molecule has 170 valence electrons. The van der Waals surface area contributed by atoms with Crippen molar-refractivity contribution in [1.82, 2.24) is 20.4 Å². The number of likely N-dealkylation sites (tertiary alicyclic amines) is 1. The van der Waals surface area contributed by atoms with Crippen molar-refractivity contribution in [3.8, 4) is 17.0 Å². The highest BCUT2D eigenvalue weighted by atomic mass is 16.5. The van der Waals surface area contributed by atoms with Crippen LogP contribution in [0.5, 0.6) is 5.75 Å². The molecule has 1 unspecified atom stereocenters. The van der Waals surface area contributed by atoms with Gasteiger partial charge >= 0.3 is 0 Å². The van der Waals surface area contributed by atoms with E-state index in [9.17, 15) is 9.59 Å². The number of rotatable bonds is 5. The molecule has 1 saturated carbocycles. The average Bonchev–Trinajstić information content (AvgIpc) is 3.41. The maximum atomic E-state index is 13.0. The van der Waals surface area contributed by atoms with E-state index in [2.05, 4.69) is 15.5 Å². The Hall–Kier alpha value is -2.87. The third-order valence-electron chi connectivity index (χ3n) is 7.22. The van der Waals surface area contributed by atoms with Crippen LogP contribution < -0.4 is 10.1 Å². The zero-order valence-corrected chi connectivity index (χ0v) is 18.4. The highest BCUT2D eigenvalue weighted by Gasteiger charge is 2.45. The minimum absolute atomic E-state index is 0.0904. The fraction of sp³-hybridized carbons (Fsp3) is 0.542. The van der Waals surface area contributed by atoms with Crippen LogP contribution in [0.4, 0.5) is 0 Å². The smallest absolute Gasteiger partial charge is 0.269 e. The first kappa shape index (κ1) is 21.0. The lowest BCUT2D eigenvalue weighted by Crippen LogP contribution is -2.55. The fourth-order valence-corrected chi connectivity index (χ4v) is 5.50. The number of amides is 2. The van der Waals surface area contributed by atoms with E-state index in [0.29, 0.717) is 42.2 Å². The summed E-state index contributed by atoms with van der Waals surface area (Å²) >= 11 is 0. The van der Waals surface area contributed by atoms with Gasteiger partial charge in [-0.25, -0.2) is 0 Å². The summed E-state index contributed by atoms with van der Waals surface area (Å²) in [5.74, 6) is 1.53. The first-order valence-corrected chi connectivity index (χ1v) is 11.5. The van der Waals surface area contributed by atoms with E-state index in [0.717, 1.165) is 44.3 Å². The molecule has 8 nitrogen and oxygen atoms in total. The Balaban J connectivity index is 1.23. The number of benzene rings is 1. The van der Waals surface area contributed by atoms with Gasteiger partial charge in [-0.15, -0.1) is 0 Å². The molecule has 0 radical (unpaired) electrons. The molecule has 2 aliphatic heterocycles. The van der Waals surface area contributed by atoms with Gasteiger partial charge in [-0.3, -0.25) is 14.7 Å². The topological polar surface area (TPSA) is 96.5 Å². The fourth-order valence-electron chi connectivity index (χ4n) is 5.50. The zero-order valence-electron chi connectivity index (χ0n) is 18.4. The van der Waals surface area contributed by atoms with E-state index >= 15 is 0 Å². The Bertz CT molecular complexity index is 970. The van der Waals surface area contributed by atoms with Gasteiger partial charge in [0.05, 0.1) is 12.8 Å².